The van der Waals surface area contributed by atoms with Crippen molar-refractivity contribution < 1.29 is 14.7 Å². The van der Waals surface area contributed by atoms with Crippen LogP contribution >= 0.6 is 0 Å². The Morgan fingerprint density at radius 1 is 1.17 bits per heavy atom. The lowest BCUT2D eigenvalue weighted by molar-refractivity contribution is 0.288. The summed E-state index contributed by atoms with van der Waals surface area (Å²) in [6.45, 7) is 4.46. The molecule has 0 aromatic heterocycles. The van der Waals surface area contributed by atoms with Gasteiger partial charge in [0.2, 0.25) is 0 Å². The first-order valence-electron chi connectivity index (χ1n) is 6.77. The third-order valence-corrected chi connectivity index (χ3v) is 3.23. The molecule has 18 heavy (non-hydrogen) atoms. The molecule has 0 radical (unpaired) electrons. The average Bonchev–Trinajstić information content (AvgIpc) is 2.36. The maximum absolute atomic E-state index is 8.69. The van der Waals surface area contributed by atoms with Gasteiger partial charge < -0.3 is 14.7 Å². The Labute approximate surface area is 110 Å². The van der Waals surface area contributed by atoms with Gasteiger partial charge in [-0.15, -0.1) is 0 Å². The maximum atomic E-state index is 8.69. The molecule has 1 rings (SSSR count). The van der Waals surface area contributed by atoms with E-state index in [0.717, 1.165) is 12.3 Å². The van der Waals surface area contributed by atoms with Crippen LogP contribution in [0.1, 0.15) is 45.1 Å². The Bertz CT molecular complexity index is 324. The third-order valence-electron chi connectivity index (χ3n) is 3.23. The summed E-state index contributed by atoms with van der Waals surface area (Å²) in [5.74, 6) is 1.22. The van der Waals surface area contributed by atoms with Crippen LogP contribution < -0.4 is 4.65 Å². The third kappa shape index (κ3) is 5.56. The molecule has 0 fully saturated rings. The Morgan fingerprint density at radius 3 is 2.33 bits per heavy atom. The van der Waals surface area contributed by atoms with E-state index >= 15 is 0 Å². The predicted molar refractivity (Wildman–Crippen MR) is 74.3 cm³/mol. The molecule has 0 amide bonds. The molecule has 0 saturated heterocycles. The monoisotopic (exact) mass is 250 g/mol. The summed E-state index contributed by atoms with van der Waals surface area (Å²) in [5, 5.41) is 17.4. The SMILES string of the molecule is CCCCC(CC)Cc1ccc(OB(O)O)cc1. The van der Waals surface area contributed by atoms with Gasteiger partial charge in [-0.3, -0.25) is 0 Å². The highest BCUT2D eigenvalue weighted by Gasteiger charge is 2.11. The number of hydrogen-bond acceptors (Lipinski definition) is 3. The van der Waals surface area contributed by atoms with E-state index in [2.05, 4.69) is 13.8 Å². The van der Waals surface area contributed by atoms with Crippen molar-refractivity contribution in [2.45, 2.75) is 46.0 Å². The largest absolute Gasteiger partial charge is 0.707 e. The smallest absolute Gasteiger partial charge is 0.512 e. The predicted octanol–water partition coefficient (Wildman–Crippen LogP) is 2.79. The second-order valence-electron chi connectivity index (χ2n) is 4.71. The van der Waals surface area contributed by atoms with Crippen LogP contribution in [0.3, 0.4) is 0 Å². The van der Waals surface area contributed by atoms with Crippen LogP contribution in [0.2, 0.25) is 0 Å². The van der Waals surface area contributed by atoms with E-state index < -0.39 is 7.32 Å². The van der Waals surface area contributed by atoms with Gasteiger partial charge in [0.25, 0.3) is 0 Å². The van der Waals surface area contributed by atoms with Crippen LogP contribution in [0.15, 0.2) is 24.3 Å². The molecule has 0 spiro atoms. The fraction of sp³-hybridized carbons (Fsp3) is 0.571. The lowest BCUT2D eigenvalue weighted by atomic mass is 9.92. The number of unbranched alkanes of at least 4 members (excludes halogenated alkanes) is 1. The summed E-state index contributed by atoms with van der Waals surface area (Å²) < 4.78 is 4.78. The van der Waals surface area contributed by atoms with Gasteiger partial charge in [0.1, 0.15) is 5.75 Å². The fourth-order valence-electron chi connectivity index (χ4n) is 2.10. The van der Waals surface area contributed by atoms with Crippen LogP contribution in [-0.2, 0) is 6.42 Å². The van der Waals surface area contributed by atoms with E-state index in [4.69, 9.17) is 14.7 Å². The van der Waals surface area contributed by atoms with Crippen molar-refractivity contribution in [1.82, 2.24) is 0 Å². The molecular weight excluding hydrogens is 227 g/mol. The zero-order valence-electron chi connectivity index (χ0n) is 11.3. The molecule has 0 bridgehead atoms. The Kier molecular flexibility index (Phi) is 6.84. The lowest BCUT2D eigenvalue weighted by Gasteiger charge is -2.14. The van der Waals surface area contributed by atoms with Gasteiger partial charge in [0.15, 0.2) is 0 Å². The van der Waals surface area contributed by atoms with Gasteiger partial charge in [-0.25, -0.2) is 0 Å². The van der Waals surface area contributed by atoms with Crippen molar-refractivity contribution in [3.05, 3.63) is 29.8 Å². The Hall–Kier alpha value is -0.995. The highest BCUT2D eigenvalue weighted by molar-refractivity contribution is 6.33. The van der Waals surface area contributed by atoms with Gasteiger partial charge in [0.05, 0.1) is 0 Å². The number of rotatable bonds is 8. The first-order valence-corrected chi connectivity index (χ1v) is 6.77. The van der Waals surface area contributed by atoms with Crippen molar-refractivity contribution >= 4 is 7.32 Å². The molecule has 0 aliphatic rings. The summed E-state index contributed by atoms with van der Waals surface area (Å²) >= 11 is 0. The fourth-order valence-corrected chi connectivity index (χ4v) is 2.10. The molecule has 100 valence electrons. The molecule has 2 N–H and O–H groups in total. The maximum Gasteiger partial charge on any atom is 0.707 e. The summed E-state index contributed by atoms with van der Waals surface area (Å²) in [6.07, 6.45) is 6.10. The highest BCUT2D eigenvalue weighted by atomic mass is 16.6. The van der Waals surface area contributed by atoms with E-state index in [0.29, 0.717) is 5.75 Å². The zero-order valence-corrected chi connectivity index (χ0v) is 11.3. The van der Waals surface area contributed by atoms with E-state index in [1.54, 1.807) is 12.1 Å². The molecule has 0 heterocycles. The molecule has 1 atom stereocenters. The van der Waals surface area contributed by atoms with Crippen molar-refractivity contribution in [2.24, 2.45) is 5.92 Å². The molecule has 1 aromatic carbocycles. The van der Waals surface area contributed by atoms with Gasteiger partial charge >= 0.3 is 7.32 Å². The standard InChI is InChI=1S/C14H23BO3/c1-3-5-6-12(4-2)11-13-7-9-14(10-8-13)18-15(16)17/h7-10,12,16-17H,3-6,11H2,1-2H3. The molecular formula is C14H23BO3. The minimum atomic E-state index is -1.75. The zero-order chi connectivity index (χ0) is 13.4. The first kappa shape index (κ1) is 15.1. The second kappa shape index (κ2) is 8.17. The number of benzene rings is 1. The minimum absolute atomic E-state index is 0.482. The van der Waals surface area contributed by atoms with E-state index in [9.17, 15) is 0 Å². The molecule has 1 aromatic rings. The second-order valence-corrected chi connectivity index (χ2v) is 4.71. The van der Waals surface area contributed by atoms with Gasteiger partial charge in [-0.05, 0) is 30.0 Å². The summed E-state index contributed by atoms with van der Waals surface area (Å²) in [6, 6.07) is 7.54. The van der Waals surface area contributed by atoms with Crippen molar-refractivity contribution in [2.75, 3.05) is 0 Å². The topological polar surface area (TPSA) is 49.7 Å². The molecule has 0 aliphatic heterocycles. The van der Waals surface area contributed by atoms with E-state index in [1.165, 1.54) is 31.2 Å². The molecule has 0 aliphatic carbocycles. The van der Waals surface area contributed by atoms with Crippen molar-refractivity contribution in [3.63, 3.8) is 0 Å². The summed E-state index contributed by atoms with van der Waals surface area (Å²) in [4.78, 5) is 0. The molecule has 0 saturated carbocycles. The van der Waals surface area contributed by atoms with E-state index in [1.807, 2.05) is 12.1 Å². The van der Waals surface area contributed by atoms with Gasteiger partial charge in [-0.2, -0.15) is 0 Å². The van der Waals surface area contributed by atoms with Gasteiger partial charge in [-0.1, -0.05) is 51.7 Å². The van der Waals surface area contributed by atoms with Crippen molar-refractivity contribution in [3.8, 4) is 5.75 Å². The van der Waals surface area contributed by atoms with Gasteiger partial charge in [0, 0.05) is 0 Å². The lowest BCUT2D eigenvalue weighted by Crippen LogP contribution is -2.20. The molecule has 1 unspecified atom stereocenters. The quantitative estimate of drug-likeness (QED) is 0.697. The first-order chi connectivity index (χ1) is 8.65. The van der Waals surface area contributed by atoms with Crippen molar-refractivity contribution in [1.29, 1.82) is 0 Å². The molecule has 4 heteroatoms. The van der Waals surface area contributed by atoms with Crippen LogP contribution in [0.5, 0.6) is 5.75 Å². The summed E-state index contributed by atoms with van der Waals surface area (Å²) in [7, 11) is -1.75. The van der Waals surface area contributed by atoms with Crippen LogP contribution in [0.4, 0.5) is 0 Å². The average molecular weight is 250 g/mol. The van der Waals surface area contributed by atoms with Crippen LogP contribution in [0.25, 0.3) is 0 Å². The normalized spacial score (nSPS) is 12.2. The summed E-state index contributed by atoms with van der Waals surface area (Å²) in [5.41, 5.74) is 1.28. The minimum Gasteiger partial charge on any atom is -0.512 e. The van der Waals surface area contributed by atoms with E-state index in [-0.39, 0.29) is 0 Å². The Balaban J connectivity index is 2.50. The molecule has 3 nitrogen and oxygen atoms in total. The van der Waals surface area contributed by atoms with Crippen LogP contribution in [0, 0.1) is 5.92 Å². The Morgan fingerprint density at radius 2 is 1.83 bits per heavy atom. The number of hydrogen-bond donors (Lipinski definition) is 2. The highest BCUT2D eigenvalue weighted by Crippen LogP contribution is 2.20. The van der Waals surface area contributed by atoms with Crippen LogP contribution in [-0.4, -0.2) is 17.4 Å².